The number of unbranched alkanes of at least 4 members (excludes halogenated alkanes) is 13. The first kappa shape index (κ1) is 30.0. The maximum absolute atomic E-state index is 9.22. The van der Waals surface area contributed by atoms with Gasteiger partial charge in [0.25, 0.3) is 0 Å². The van der Waals surface area contributed by atoms with Crippen molar-refractivity contribution < 1.29 is 21.6 Å². The molecule has 0 aliphatic heterocycles. The van der Waals surface area contributed by atoms with Crippen molar-refractivity contribution in [2.75, 3.05) is 33.8 Å². The molecule has 0 aromatic rings. The van der Waals surface area contributed by atoms with Gasteiger partial charge in [-0.3, -0.25) is 4.18 Å². The molecule has 0 saturated carbocycles. The van der Waals surface area contributed by atoms with Crippen LogP contribution < -0.4 is 0 Å². The predicted octanol–water partition coefficient (Wildman–Crippen LogP) is 6.05. The van der Waals surface area contributed by atoms with Gasteiger partial charge < -0.3 is 9.04 Å². The molecule has 0 amide bonds. The van der Waals surface area contributed by atoms with Gasteiger partial charge in [0, 0.05) is 0 Å². The maximum atomic E-state index is 9.22. The average Bonchev–Trinajstić information content (AvgIpc) is 2.68. The molecule has 0 unspecified atom stereocenters. The van der Waals surface area contributed by atoms with Gasteiger partial charge in [0.2, 0.25) is 10.4 Å². The van der Waals surface area contributed by atoms with Crippen molar-refractivity contribution in [2.24, 2.45) is 0 Å². The molecule has 6 heteroatoms. The zero-order valence-electron chi connectivity index (χ0n) is 19.5. The topological polar surface area (TPSA) is 66.4 Å². The predicted molar refractivity (Wildman–Crippen MR) is 119 cm³/mol. The van der Waals surface area contributed by atoms with Gasteiger partial charge in [-0.05, 0) is 26.7 Å². The summed E-state index contributed by atoms with van der Waals surface area (Å²) in [5.41, 5.74) is 0. The Balaban J connectivity index is 0. The van der Waals surface area contributed by atoms with Gasteiger partial charge in [-0.2, -0.15) is 0 Å². The fourth-order valence-electron chi connectivity index (χ4n) is 3.23. The summed E-state index contributed by atoms with van der Waals surface area (Å²) < 4.78 is 32.3. The molecule has 5 nitrogen and oxygen atoms in total. The highest BCUT2D eigenvalue weighted by atomic mass is 32.3. The molecule has 0 saturated heterocycles. The molecular formula is C22H49NO4S. The first-order valence-corrected chi connectivity index (χ1v) is 12.9. The molecule has 0 radical (unpaired) electrons. The van der Waals surface area contributed by atoms with E-state index in [0.29, 0.717) is 0 Å². The third-order valence-electron chi connectivity index (χ3n) is 5.78. The minimum atomic E-state index is -4.41. The zero-order chi connectivity index (χ0) is 21.7. The number of quaternary nitrogens is 1. The largest absolute Gasteiger partial charge is 0.726 e. The molecule has 0 aromatic heterocycles. The normalized spacial score (nSPS) is 11.9. The Kier molecular flexibility index (Phi) is 21.6. The van der Waals surface area contributed by atoms with E-state index < -0.39 is 10.4 Å². The fourth-order valence-corrected chi connectivity index (χ4v) is 3.23. The van der Waals surface area contributed by atoms with Crippen molar-refractivity contribution in [1.29, 1.82) is 0 Å². The average molecular weight is 424 g/mol. The highest BCUT2D eigenvalue weighted by Gasteiger charge is 2.14. The molecule has 0 spiro atoms. The number of hydrogen-bond donors (Lipinski definition) is 0. The third-order valence-corrected chi connectivity index (χ3v) is 6.19. The van der Waals surface area contributed by atoms with Gasteiger partial charge in [-0.25, -0.2) is 8.42 Å². The monoisotopic (exact) mass is 423 g/mol. The Morgan fingerprint density at radius 1 is 0.679 bits per heavy atom. The summed E-state index contributed by atoms with van der Waals surface area (Å²) in [6.45, 7) is 10.9. The minimum absolute atomic E-state index is 0.808. The van der Waals surface area contributed by atoms with Crippen LogP contribution in [0.4, 0.5) is 0 Å². The molecule has 0 aliphatic carbocycles. The van der Waals surface area contributed by atoms with Gasteiger partial charge >= 0.3 is 0 Å². The van der Waals surface area contributed by atoms with Crippen molar-refractivity contribution in [3.05, 3.63) is 0 Å². The van der Waals surface area contributed by atoms with E-state index in [0.717, 1.165) is 7.11 Å². The van der Waals surface area contributed by atoms with E-state index >= 15 is 0 Å². The fraction of sp³-hybridized carbons (Fsp3) is 1.00. The smallest absolute Gasteiger partial charge is 0.217 e. The van der Waals surface area contributed by atoms with Crippen molar-refractivity contribution in [2.45, 2.75) is 111 Å². The molecule has 0 rings (SSSR count). The lowest BCUT2D eigenvalue weighted by molar-refractivity contribution is -0.906. The highest BCUT2D eigenvalue weighted by Crippen LogP contribution is 2.13. The van der Waals surface area contributed by atoms with E-state index in [1.54, 1.807) is 0 Å². The van der Waals surface area contributed by atoms with E-state index in [9.17, 15) is 13.0 Å². The summed E-state index contributed by atoms with van der Waals surface area (Å²) in [5, 5.41) is 0. The molecule has 0 aromatic carbocycles. The molecule has 0 fully saturated rings. The van der Waals surface area contributed by atoms with Gasteiger partial charge in [-0.1, -0.05) is 84.0 Å². The van der Waals surface area contributed by atoms with E-state index in [2.05, 4.69) is 32.0 Å². The van der Waals surface area contributed by atoms with Gasteiger partial charge in [0.05, 0.1) is 33.8 Å². The van der Waals surface area contributed by atoms with Crippen LogP contribution in [-0.4, -0.2) is 51.2 Å². The Labute approximate surface area is 176 Å². The van der Waals surface area contributed by atoms with Crippen molar-refractivity contribution in [3.63, 3.8) is 0 Å². The Hall–Kier alpha value is -0.170. The zero-order valence-corrected chi connectivity index (χ0v) is 20.3. The standard InChI is InChI=1S/C21H46N.CH4O4S/c1-5-8-9-10-11-12-13-14-15-16-17-18-19-20-21-22(4,6-2)7-3;1-5-6(2,3)4/h5-21H2,1-4H3;1H3,(H,2,3,4)/q+1;/p-1. The summed E-state index contributed by atoms with van der Waals surface area (Å²) >= 11 is 0. The third kappa shape index (κ3) is 23.9. The van der Waals surface area contributed by atoms with Crippen LogP contribution >= 0.6 is 0 Å². The SMILES string of the molecule is CCCCCCCCCCCCCCCC[N+](C)(CC)CC.COS(=O)(=O)[O-]. The number of rotatable bonds is 18. The van der Waals surface area contributed by atoms with E-state index in [1.165, 1.54) is 114 Å². The second-order valence-corrected chi connectivity index (χ2v) is 9.30. The van der Waals surface area contributed by atoms with Crippen LogP contribution in [-0.2, 0) is 14.6 Å². The first-order valence-electron chi connectivity index (χ1n) is 11.6. The minimum Gasteiger partial charge on any atom is -0.726 e. The van der Waals surface area contributed by atoms with Crippen LogP contribution in [0.5, 0.6) is 0 Å². The lowest BCUT2D eigenvalue weighted by atomic mass is 10.0. The maximum Gasteiger partial charge on any atom is 0.217 e. The van der Waals surface area contributed by atoms with Crippen LogP contribution in [0.25, 0.3) is 0 Å². The van der Waals surface area contributed by atoms with Crippen molar-refractivity contribution in [1.82, 2.24) is 0 Å². The Morgan fingerprint density at radius 3 is 1.21 bits per heavy atom. The molecule has 0 heterocycles. The lowest BCUT2D eigenvalue weighted by Crippen LogP contribution is -2.44. The van der Waals surface area contributed by atoms with E-state index in [4.69, 9.17) is 0 Å². The van der Waals surface area contributed by atoms with Crippen LogP contribution in [0.3, 0.4) is 0 Å². The van der Waals surface area contributed by atoms with Crippen LogP contribution in [0.2, 0.25) is 0 Å². The van der Waals surface area contributed by atoms with Crippen molar-refractivity contribution in [3.8, 4) is 0 Å². The summed E-state index contributed by atoms with van der Waals surface area (Å²) in [5.74, 6) is 0. The molecular weight excluding hydrogens is 374 g/mol. The van der Waals surface area contributed by atoms with Gasteiger partial charge in [0.15, 0.2) is 0 Å². The highest BCUT2D eigenvalue weighted by molar-refractivity contribution is 7.80. The van der Waals surface area contributed by atoms with Gasteiger partial charge in [-0.15, -0.1) is 0 Å². The number of nitrogens with zero attached hydrogens (tertiary/aromatic N) is 1. The molecule has 0 N–H and O–H groups in total. The Morgan fingerprint density at radius 2 is 0.964 bits per heavy atom. The van der Waals surface area contributed by atoms with E-state index in [1.807, 2.05) is 0 Å². The number of hydrogen-bond acceptors (Lipinski definition) is 4. The second kappa shape index (κ2) is 20.1. The molecule has 0 aliphatic rings. The van der Waals surface area contributed by atoms with Crippen LogP contribution in [0.15, 0.2) is 0 Å². The van der Waals surface area contributed by atoms with Crippen LogP contribution in [0, 0.1) is 0 Å². The summed E-state index contributed by atoms with van der Waals surface area (Å²) in [6.07, 6.45) is 20.4. The summed E-state index contributed by atoms with van der Waals surface area (Å²) in [7, 11) is -1.20. The Bertz CT molecular complexity index is 409. The quantitative estimate of drug-likeness (QED) is 0.116. The second-order valence-electron chi connectivity index (χ2n) is 8.15. The molecule has 0 bridgehead atoms. The first-order chi connectivity index (χ1) is 13.2. The lowest BCUT2D eigenvalue weighted by Gasteiger charge is -2.32. The molecule has 28 heavy (non-hydrogen) atoms. The van der Waals surface area contributed by atoms with Gasteiger partial charge in [0.1, 0.15) is 0 Å². The van der Waals surface area contributed by atoms with E-state index in [-0.39, 0.29) is 0 Å². The molecule has 172 valence electrons. The summed E-state index contributed by atoms with van der Waals surface area (Å²) in [6, 6.07) is 0. The van der Waals surface area contributed by atoms with Crippen LogP contribution in [0.1, 0.15) is 111 Å². The molecule has 0 atom stereocenters. The summed E-state index contributed by atoms with van der Waals surface area (Å²) in [4.78, 5) is 0. The van der Waals surface area contributed by atoms with Crippen molar-refractivity contribution >= 4 is 10.4 Å².